The van der Waals surface area contributed by atoms with Crippen molar-refractivity contribution in [1.29, 1.82) is 0 Å². The first-order valence-electron chi connectivity index (χ1n) is 7.60. The zero-order valence-corrected chi connectivity index (χ0v) is 12.0. The molecule has 2 aliphatic heterocycles. The second-order valence-corrected chi connectivity index (χ2v) is 5.71. The Bertz CT molecular complexity index is 504. The van der Waals surface area contributed by atoms with Crippen LogP contribution in [-0.2, 0) is 9.53 Å². The van der Waals surface area contributed by atoms with Gasteiger partial charge in [0.05, 0.1) is 0 Å². The molecule has 1 amide bonds. The fourth-order valence-corrected chi connectivity index (χ4v) is 3.08. The van der Waals surface area contributed by atoms with Gasteiger partial charge in [0.1, 0.15) is 6.10 Å². The molecule has 0 aliphatic carbocycles. The number of rotatable bonds is 3. The van der Waals surface area contributed by atoms with Crippen LogP contribution in [-0.4, -0.2) is 47.4 Å². The number of carbonyl (C=O) groups excluding carboxylic acids is 2. The van der Waals surface area contributed by atoms with Crippen LogP contribution in [0.25, 0.3) is 0 Å². The van der Waals surface area contributed by atoms with Gasteiger partial charge < -0.3 is 9.64 Å². The minimum atomic E-state index is -0.254. The van der Waals surface area contributed by atoms with Gasteiger partial charge in [-0.05, 0) is 37.8 Å². The van der Waals surface area contributed by atoms with Gasteiger partial charge in [0.15, 0.2) is 5.78 Å². The SMILES string of the molecule is O=C(c1cccnc1)C1CCN(C(=O)C2CCCO2)CC1. The van der Waals surface area contributed by atoms with Gasteiger partial charge in [-0.2, -0.15) is 0 Å². The number of aromatic nitrogens is 1. The van der Waals surface area contributed by atoms with E-state index in [9.17, 15) is 9.59 Å². The molecule has 21 heavy (non-hydrogen) atoms. The molecule has 2 aliphatic rings. The summed E-state index contributed by atoms with van der Waals surface area (Å²) in [5, 5.41) is 0. The maximum atomic E-state index is 12.4. The fraction of sp³-hybridized carbons (Fsp3) is 0.562. The zero-order valence-electron chi connectivity index (χ0n) is 12.0. The van der Waals surface area contributed by atoms with Crippen molar-refractivity contribution in [2.45, 2.75) is 31.8 Å². The topological polar surface area (TPSA) is 59.5 Å². The van der Waals surface area contributed by atoms with Gasteiger partial charge in [-0.1, -0.05) is 0 Å². The lowest BCUT2D eigenvalue weighted by Crippen LogP contribution is -2.44. The highest BCUT2D eigenvalue weighted by Crippen LogP contribution is 2.23. The summed E-state index contributed by atoms with van der Waals surface area (Å²) in [7, 11) is 0. The van der Waals surface area contributed by atoms with E-state index in [1.165, 1.54) is 0 Å². The van der Waals surface area contributed by atoms with Gasteiger partial charge in [-0.25, -0.2) is 0 Å². The van der Waals surface area contributed by atoms with Crippen LogP contribution < -0.4 is 0 Å². The average Bonchev–Trinajstić information content (AvgIpc) is 3.09. The number of hydrogen-bond donors (Lipinski definition) is 0. The van der Waals surface area contributed by atoms with Crippen molar-refractivity contribution in [2.75, 3.05) is 19.7 Å². The Morgan fingerprint density at radius 2 is 2.05 bits per heavy atom. The molecule has 3 rings (SSSR count). The highest BCUT2D eigenvalue weighted by atomic mass is 16.5. The van der Waals surface area contributed by atoms with Crippen LogP contribution in [0.2, 0.25) is 0 Å². The number of hydrogen-bond acceptors (Lipinski definition) is 4. The summed E-state index contributed by atoms with van der Waals surface area (Å²) in [5.74, 6) is 0.245. The molecule has 112 valence electrons. The van der Waals surface area contributed by atoms with Crippen molar-refractivity contribution < 1.29 is 14.3 Å². The van der Waals surface area contributed by atoms with Crippen LogP contribution in [0.3, 0.4) is 0 Å². The molecule has 1 aromatic heterocycles. The average molecular weight is 288 g/mol. The van der Waals surface area contributed by atoms with E-state index in [4.69, 9.17) is 4.74 Å². The van der Waals surface area contributed by atoms with E-state index in [0.29, 0.717) is 25.3 Å². The van der Waals surface area contributed by atoms with E-state index in [1.807, 2.05) is 4.90 Å². The molecule has 3 heterocycles. The number of nitrogens with zero attached hydrogens (tertiary/aromatic N) is 2. The quantitative estimate of drug-likeness (QED) is 0.794. The van der Waals surface area contributed by atoms with E-state index in [-0.39, 0.29) is 23.7 Å². The van der Waals surface area contributed by atoms with Crippen LogP contribution in [0.4, 0.5) is 0 Å². The summed E-state index contributed by atoms with van der Waals surface area (Å²) >= 11 is 0. The largest absolute Gasteiger partial charge is 0.368 e. The van der Waals surface area contributed by atoms with Gasteiger partial charge in [0.2, 0.25) is 0 Å². The molecule has 0 radical (unpaired) electrons. The lowest BCUT2D eigenvalue weighted by atomic mass is 9.89. The molecule has 0 bridgehead atoms. The van der Waals surface area contributed by atoms with Crippen LogP contribution in [0.5, 0.6) is 0 Å². The molecule has 0 spiro atoms. The summed E-state index contributed by atoms with van der Waals surface area (Å²) in [5.41, 5.74) is 0.668. The lowest BCUT2D eigenvalue weighted by molar-refractivity contribution is -0.142. The van der Waals surface area contributed by atoms with Crippen LogP contribution in [0.15, 0.2) is 24.5 Å². The number of Topliss-reactive ketones (excluding diaryl/α,β-unsaturated/α-hetero) is 1. The number of carbonyl (C=O) groups is 2. The number of pyridine rings is 1. The van der Waals surface area contributed by atoms with Crippen LogP contribution >= 0.6 is 0 Å². The Labute approximate surface area is 124 Å². The second-order valence-electron chi connectivity index (χ2n) is 5.71. The molecule has 5 nitrogen and oxygen atoms in total. The summed E-state index contributed by atoms with van der Waals surface area (Å²) < 4.78 is 5.45. The maximum Gasteiger partial charge on any atom is 0.251 e. The zero-order chi connectivity index (χ0) is 14.7. The van der Waals surface area contributed by atoms with E-state index >= 15 is 0 Å². The highest BCUT2D eigenvalue weighted by molar-refractivity contribution is 5.97. The summed E-state index contributed by atoms with van der Waals surface area (Å²) in [6, 6.07) is 3.59. The molecule has 1 unspecified atom stereocenters. The summed E-state index contributed by atoms with van der Waals surface area (Å²) in [6.07, 6.45) is 6.28. The Kier molecular flexibility index (Phi) is 4.29. The molecule has 2 fully saturated rings. The van der Waals surface area contributed by atoms with E-state index < -0.39 is 0 Å². The lowest BCUT2D eigenvalue weighted by Gasteiger charge is -2.32. The van der Waals surface area contributed by atoms with Crippen molar-refractivity contribution in [3.63, 3.8) is 0 Å². The minimum absolute atomic E-state index is 0.00254. The Morgan fingerprint density at radius 1 is 1.24 bits per heavy atom. The smallest absolute Gasteiger partial charge is 0.251 e. The Hall–Kier alpha value is -1.75. The molecule has 0 aromatic carbocycles. The van der Waals surface area contributed by atoms with E-state index in [2.05, 4.69) is 4.98 Å². The fourth-order valence-electron chi connectivity index (χ4n) is 3.08. The van der Waals surface area contributed by atoms with Gasteiger partial charge in [0, 0.05) is 43.6 Å². The van der Waals surface area contributed by atoms with E-state index in [0.717, 1.165) is 25.7 Å². The first-order chi connectivity index (χ1) is 10.3. The molecule has 5 heteroatoms. The molecule has 2 saturated heterocycles. The normalized spacial score (nSPS) is 23.2. The second kappa shape index (κ2) is 6.35. The third-order valence-electron chi connectivity index (χ3n) is 4.33. The van der Waals surface area contributed by atoms with Gasteiger partial charge in [-0.15, -0.1) is 0 Å². The number of ketones is 1. The standard InChI is InChI=1S/C16H20N2O3/c19-15(13-3-1-7-17-11-13)12-5-8-18(9-6-12)16(20)14-4-2-10-21-14/h1,3,7,11-12,14H,2,4-6,8-10H2. The van der Waals surface area contributed by atoms with Crippen molar-refractivity contribution in [3.05, 3.63) is 30.1 Å². The van der Waals surface area contributed by atoms with Crippen LogP contribution in [0.1, 0.15) is 36.0 Å². The Morgan fingerprint density at radius 3 is 2.67 bits per heavy atom. The molecule has 1 atom stereocenters. The molecular formula is C16H20N2O3. The predicted octanol–water partition coefficient (Wildman–Crippen LogP) is 1.68. The first kappa shape index (κ1) is 14.2. The van der Waals surface area contributed by atoms with Crippen molar-refractivity contribution in [3.8, 4) is 0 Å². The number of likely N-dealkylation sites (tertiary alicyclic amines) is 1. The maximum absolute atomic E-state index is 12.4. The number of ether oxygens (including phenoxy) is 1. The molecular weight excluding hydrogens is 268 g/mol. The highest BCUT2D eigenvalue weighted by Gasteiger charge is 2.32. The third kappa shape index (κ3) is 3.13. The first-order valence-corrected chi connectivity index (χ1v) is 7.60. The van der Waals surface area contributed by atoms with Crippen molar-refractivity contribution in [2.24, 2.45) is 5.92 Å². The summed E-state index contributed by atoms with van der Waals surface area (Å²) in [4.78, 5) is 30.5. The molecule has 1 aromatic rings. The summed E-state index contributed by atoms with van der Waals surface area (Å²) in [6.45, 7) is 1.98. The van der Waals surface area contributed by atoms with Crippen molar-refractivity contribution >= 4 is 11.7 Å². The van der Waals surface area contributed by atoms with Gasteiger partial charge >= 0.3 is 0 Å². The molecule has 0 N–H and O–H groups in total. The van der Waals surface area contributed by atoms with Gasteiger partial charge in [-0.3, -0.25) is 14.6 Å². The predicted molar refractivity (Wildman–Crippen MR) is 76.8 cm³/mol. The number of amides is 1. The monoisotopic (exact) mass is 288 g/mol. The van der Waals surface area contributed by atoms with Crippen LogP contribution in [0, 0.1) is 5.92 Å². The molecule has 0 saturated carbocycles. The Balaban J connectivity index is 1.55. The van der Waals surface area contributed by atoms with Gasteiger partial charge in [0.25, 0.3) is 5.91 Å². The van der Waals surface area contributed by atoms with E-state index in [1.54, 1.807) is 24.5 Å². The van der Waals surface area contributed by atoms with Crippen molar-refractivity contribution in [1.82, 2.24) is 9.88 Å². The number of piperidine rings is 1. The minimum Gasteiger partial charge on any atom is -0.368 e. The third-order valence-corrected chi connectivity index (χ3v) is 4.33.